The molecular weight excluding hydrogens is 160 g/mol. The molecule has 0 spiro atoms. The maximum absolute atomic E-state index is 5.34. The molecule has 0 aromatic carbocycles. The van der Waals surface area contributed by atoms with Crippen LogP contribution in [0, 0.1) is 18.3 Å². The Morgan fingerprint density at radius 3 is 2.85 bits per heavy atom. The molecule has 13 heavy (non-hydrogen) atoms. The highest BCUT2D eigenvalue weighted by Crippen LogP contribution is 2.15. The van der Waals surface area contributed by atoms with E-state index < -0.39 is 0 Å². The molecule has 0 saturated carbocycles. The average molecular weight is 180 g/mol. The lowest BCUT2D eigenvalue weighted by Gasteiger charge is -2.36. The number of terminal acetylenes is 1. The first kappa shape index (κ1) is 10.6. The highest BCUT2D eigenvalue weighted by molar-refractivity contribution is 4.98. The molecule has 0 aromatic heterocycles. The first-order valence-electron chi connectivity index (χ1n) is 5.04. The van der Waals surface area contributed by atoms with Crippen molar-refractivity contribution in [2.45, 2.75) is 32.4 Å². The van der Waals surface area contributed by atoms with Crippen molar-refractivity contribution < 1.29 is 0 Å². The Kier molecular flexibility index (Phi) is 3.77. The predicted octanol–water partition coefficient (Wildman–Crippen LogP) is 0.938. The number of piperidine rings is 1. The molecule has 0 amide bonds. The SMILES string of the molecule is C#CC(C)NC1CCN(C)CC1C. The molecule has 0 aromatic rings. The van der Waals surface area contributed by atoms with Crippen LogP contribution < -0.4 is 5.32 Å². The summed E-state index contributed by atoms with van der Waals surface area (Å²) in [5.41, 5.74) is 0. The van der Waals surface area contributed by atoms with Crippen LogP contribution >= 0.6 is 0 Å². The van der Waals surface area contributed by atoms with E-state index in [0.29, 0.717) is 12.0 Å². The molecule has 2 nitrogen and oxygen atoms in total. The van der Waals surface area contributed by atoms with E-state index in [1.54, 1.807) is 0 Å². The molecule has 1 heterocycles. The van der Waals surface area contributed by atoms with Crippen molar-refractivity contribution in [2.24, 2.45) is 5.92 Å². The van der Waals surface area contributed by atoms with Gasteiger partial charge in [0.2, 0.25) is 0 Å². The molecule has 0 radical (unpaired) electrons. The Morgan fingerprint density at radius 2 is 2.31 bits per heavy atom. The lowest BCUT2D eigenvalue weighted by atomic mass is 9.93. The topological polar surface area (TPSA) is 15.3 Å². The van der Waals surface area contributed by atoms with Crippen LogP contribution in [-0.2, 0) is 0 Å². The zero-order valence-corrected chi connectivity index (χ0v) is 8.88. The van der Waals surface area contributed by atoms with E-state index in [-0.39, 0.29) is 6.04 Å². The molecule has 0 aliphatic carbocycles. The molecule has 1 N–H and O–H groups in total. The van der Waals surface area contributed by atoms with E-state index in [2.05, 4.69) is 30.1 Å². The summed E-state index contributed by atoms with van der Waals surface area (Å²) in [7, 11) is 2.18. The van der Waals surface area contributed by atoms with Gasteiger partial charge in [-0.15, -0.1) is 6.42 Å². The fourth-order valence-electron chi connectivity index (χ4n) is 1.97. The number of rotatable bonds is 2. The van der Waals surface area contributed by atoms with Crippen molar-refractivity contribution in [1.29, 1.82) is 0 Å². The van der Waals surface area contributed by atoms with Crippen LogP contribution in [0.2, 0.25) is 0 Å². The first-order valence-corrected chi connectivity index (χ1v) is 5.04. The zero-order valence-electron chi connectivity index (χ0n) is 8.88. The van der Waals surface area contributed by atoms with E-state index in [1.807, 2.05) is 6.92 Å². The molecule has 1 fully saturated rings. The Labute approximate surface area is 81.7 Å². The molecule has 1 rings (SSSR count). The molecule has 3 unspecified atom stereocenters. The maximum Gasteiger partial charge on any atom is 0.0660 e. The highest BCUT2D eigenvalue weighted by Gasteiger charge is 2.24. The second kappa shape index (κ2) is 4.64. The zero-order chi connectivity index (χ0) is 9.84. The van der Waals surface area contributed by atoms with Crippen molar-refractivity contribution in [3.05, 3.63) is 0 Å². The molecule has 1 aliphatic heterocycles. The number of nitrogens with zero attached hydrogens (tertiary/aromatic N) is 1. The molecule has 1 aliphatic rings. The van der Waals surface area contributed by atoms with E-state index in [4.69, 9.17) is 6.42 Å². The van der Waals surface area contributed by atoms with Crippen molar-refractivity contribution in [3.8, 4) is 12.3 Å². The van der Waals surface area contributed by atoms with Gasteiger partial charge in [0.1, 0.15) is 0 Å². The molecular formula is C11H20N2. The minimum atomic E-state index is 0.204. The van der Waals surface area contributed by atoms with Gasteiger partial charge in [-0.1, -0.05) is 12.8 Å². The molecule has 74 valence electrons. The third-order valence-electron chi connectivity index (χ3n) is 2.82. The van der Waals surface area contributed by atoms with Gasteiger partial charge in [-0.05, 0) is 32.9 Å². The van der Waals surface area contributed by atoms with E-state index in [0.717, 1.165) is 0 Å². The fraction of sp³-hybridized carbons (Fsp3) is 0.818. The third kappa shape index (κ3) is 3.02. The van der Waals surface area contributed by atoms with Crippen LogP contribution in [0.5, 0.6) is 0 Å². The first-order chi connectivity index (χ1) is 6.13. The summed E-state index contributed by atoms with van der Waals surface area (Å²) in [6, 6.07) is 0.804. The fourth-order valence-corrected chi connectivity index (χ4v) is 1.97. The Balaban J connectivity index is 2.39. The normalized spacial score (nSPS) is 32.5. The Bertz CT molecular complexity index is 195. The standard InChI is InChI=1S/C11H20N2/c1-5-10(3)12-11-6-7-13(4)8-9(11)2/h1,9-12H,6-8H2,2-4H3. The van der Waals surface area contributed by atoms with Gasteiger partial charge < -0.3 is 10.2 Å². The number of likely N-dealkylation sites (tertiary alicyclic amines) is 1. The van der Waals surface area contributed by atoms with Crippen LogP contribution in [0.3, 0.4) is 0 Å². The van der Waals surface area contributed by atoms with E-state index in [1.165, 1.54) is 19.5 Å². The van der Waals surface area contributed by atoms with Gasteiger partial charge in [0.25, 0.3) is 0 Å². The predicted molar refractivity (Wildman–Crippen MR) is 56.5 cm³/mol. The van der Waals surface area contributed by atoms with Gasteiger partial charge in [-0.2, -0.15) is 0 Å². The minimum Gasteiger partial charge on any atom is -0.306 e. The second-order valence-corrected chi connectivity index (χ2v) is 4.19. The summed E-state index contributed by atoms with van der Waals surface area (Å²) in [5.74, 6) is 3.42. The highest BCUT2D eigenvalue weighted by atomic mass is 15.1. The van der Waals surface area contributed by atoms with Crippen molar-refractivity contribution in [3.63, 3.8) is 0 Å². The van der Waals surface area contributed by atoms with Gasteiger partial charge >= 0.3 is 0 Å². The molecule has 1 saturated heterocycles. The number of hydrogen-bond acceptors (Lipinski definition) is 2. The van der Waals surface area contributed by atoms with Crippen molar-refractivity contribution in [2.75, 3.05) is 20.1 Å². The second-order valence-electron chi connectivity index (χ2n) is 4.19. The summed E-state index contributed by atoms with van der Waals surface area (Å²) in [5, 5.41) is 3.48. The summed E-state index contributed by atoms with van der Waals surface area (Å²) in [4.78, 5) is 2.38. The van der Waals surface area contributed by atoms with E-state index >= 15 is 0 Å². The van der Waals surface area contributed by atoms with Gasteiger partial charge in [-0.25, -0.2) is 0 Å². The quantitative estimate of drug-likeness (QED) is 0.636. The smallest absolute Gasteiger partial charge is 0.0660 e. The van der Waals surface area contributed by atoms with E-state index in [9.17, 15) is 0 Å². The van der Waals surface area contributed by atoms with Crippen LogP contribution in [0.4, 0.5) is 0 Å². The third-order valence-corrected chi connectivity index (χ3v) is 2.82. The number of hydrogen-bond donors (Lipinski definition) is 1. The molecule has 0 bridgehead atoms. The van der Waals surface area contributed by atoms with Gasteiger partial charge in [0.15, 0.2) is 0 Å². The monoisotopic (exact) mass is 180 g/mol. The molecule has 3 atom stereocenters. The van der Waals surface area contributed by atoms with Crippen molar-refractivity contribution in [1.82, 2.24) is 10.2 Å². The minimum absolute atomic E-state index is 0.204. The summed E-state index contributed by atoms with van der Waals surface area (Å²) in [6.07, 6.45) is 6.55. The Hall–Kier alpha value is -0.520. The summed E-state index contributed by atoms with van der Waals surface area (Å²) < 4.78 is 0. The van der Waals surface area contributed by atoms with Crippen molar-refractivity contribution >= 4 is 0 Å². The van der Waals surface area contributed by atoms with Crippen LogP contribution in [0.15, 0.2) is 0 Å². The van der Waals surface area contributed by atoms with Gasteiger partial charge in [0.05, 0.1) is 6.04 Å². The van der Waals surface area contributed by atoms with Crippen LogP contribution in [-0.4, -0.2) is 37.1 Å². The van der Waals surface area contributed by atoms with Gasteiger partial charge in [0, 0.05) is 12.6 Å². The summed E-state index contributed by atoms with van der Waals surface area (Å²) >= 11 is 0. The largest absolute Gasteiger partial charge is 0.306 e. The Morgan fingerprint density at radius 1 is 1.62 bits per heavy atom. The maximum atomic E-state index is 5.34. The molecule has 2 heteroatoms. The lowest BCUT2D eigenvalue weighted by Crippen LogP contribution is -2.49. The lowest BCUT2D eigenvalue weighted by molar-refractivity contribution is 0.172. The number of nitrogens with one attached hydrogen (secondary N) is 1. The van der Waals surface area contributed by atoms with Crippen LogP contribution in [0.1, 0.15) is 20.3 Å². The van der Waals surface area contributed by atoms with Crippen LogP contribution in [0.25, 0.3) is 0 Å². The average Bonchev–Trinajstić information content (AvgIpc) is 2.09. The summed E-state index contributed by atoms with van der Waals surface area (Å²) in [6.45, 7) is 6.69. The van der Waals surface area contributed by atoms with Gasteiger partial charge in [-0.3, -0.25) is 0 Å².